The van der Waals surface area contributed by atoms with E-state index in [0.29, 0.717) is 18.1 Å². The Balaban J connectivity index is 2.56. The summed E-state index contributed by atoms with van der Waals surface area (Å²) in [4.78, 5) is 11.8. The predicted octanol–water partition coefficient (Wildman–Crippen LogP) is 3.25. The maximum atomic E-state index is 11.8. The molecule has 0 fully saturated rings. The Bertz CT molecular complexity index is 371. The molecule has 0 spiro atoms. The Morgan fingerprint density at radius 1 is 1.22 bits per heavy atom. The predicted molar refractivity (Wildman–Crippen MR) is 74.0 cm³/mol. The van der Waals surface area contributed by atoms with Crippen molar-refractivity contribution in [3.05, 3.63) is 29.8 Å². The third-order valence-corrected chi connectivity index (χ3v) is 2.69. The molecular formula is C15H23NO2. The van der Waals surface area contributed by atoms with Gasteiger partial charge in [0.05, 0.1) is 6.61 Å². The van der Waals surface area contributed by atoms with Gasteiger partial charge in [-0.25, -0.2) is 0 Å². The van der Waals surface area contributed by atoms with Gasteiger partial charge in [-0.15, -0.1) is 0 Å². The maximum absolute atomic E-state index is 11.8. The molecule has 1 aromatic rings. The van der Waals surface area contributed by atoms with Crippen molar-refractivity contribution >= 4 is 5.91 Å². The van der Waals surface area contributed by atoms with Crippen molar-refractivity contribution in [1.29, 1.82) is 0 Å². The molecule has 0 radical (unpaired) electrons. The van der Waals surface area contributed by atoms with Gasteiger partial charge in [0.15, 0.2) is 0 Å². The minimum absolute atomic E-state index is 0.0280. The first kappa shape index (κ1) is 14.6. The van der Waals surface area contributed by atoms with E-state index in [-0.39, 0.29) is 11.9 Å². The maximum Gasteiger partial charge on any atom is 0.251 e. The molecule has 0 bridgehead atoms. The van der Waals surface area contributed by atoms with Gasteiger partial charge in [-0.05, 0) is 43.5 Å². The van der Waals surface area contributed by atoms with E-state index in [2.05, 4.69) is 19.2 Å². The summed E-state index contributed by atoms with van der Waals surface area (Å²) in [5.41, 5.74) is 0.673. The van der Waals surface area contributed by atoms with Crippen LogP contribution in [0.25, 0.3) is 0 Å². The molecule has 1 aromatic carbocycles. The van der Waals surface area contributed by atoms with Gasteiger partial charge in [-0.3, -0.25) is 4.79 Å². The summed E-state index contributed by atoms with van der Waals surface area (Å²) < 4.78 is 5.57. The van der Waals surface area contributed by atoms with E-state index >= 15 is 0 Å². The van der Waals surface area contributed by atoms with Crippen molar-refractivity contribution in [2.24, 2.45) is 5.92 Å². The van der Waals surface area contributed by atoms with Crippen LogP contribution in [0.1, 0.15) is 44.5 Å². The van der Waals surface area contributed by atoms with Crippen molar-refractivity contribution in [3.63, 3.8) is 0 Å². The van der Waals surface area contributed by atoms with Crippen molar-refractivity contribution in [3.8, 4) is 5.75 Å². The first-order valence-electron chi connectivity index (χ1n) is 6.56. The Hall–Kier alpha value is -1.51. The average molecular weight is 249 g/mol. The summed E-state index contributed by atoms with van der Waals surface area (Å²) in [5.74, 6) is 1.28. The number of carbonyl (C=O) groups is 1. The second-order valence-electron chi connectivity index (χ2n) is 5.01. The van der Waals surface area contributed by atoms with Crippen molar-refractivity contribution in [1.82, 2.24) is 5.32 Å². The number of rotatable bonds is 6. The van der Waals surface area contributed by atoms with Crippen LogP contribution in [0, 0.1) is 5.92 Å². The largest absolute Gasteiger partial charge is 0.493 e. The molecule has 1 atom stereocenters. The SMILES string of the molecule is CC[C@H](C)NC(=O)c1ccc(OCC(C)C)cc1. The van der Waals surface area contributed by atoms with Crippen molar-refractivity contribution in [2.45, 2.75) is 40.2 Å². The Morgan fingerprint density at radius 3 is 2.33 bits per heavy atom. The van der Waals surface area contributed by atoms with Crippen LogP contribution < -0.4 is 10.1 Å². The van der Waals surface area contributed by atoms with Crippen LogP contribution in [0.15, 0.2) is 24.3 Å². The number of hydrogen-bond acceptors (Lipinski definition) is 2. The molecule has 0 aliphatic rings. The minimum atomic E-state index is -0.0280. The number of amides is 1. The lowest BCUT2D eigenvalue weighted by atomic mass is 10.2. The molecule has 100 valence electrons. The fourth-order valence-electron chi connectivity index (χ4n) is 1.37. The van der Waals surface area contributed by atoms with Crippen LogP contribution in [0.2, 0.25) is 0 Å². The summed E-state index contributed by atoms with van der Waals surface area (Å²) in [7, 11) is 0. The van der Waals surface area contributed by atoms with Gasteiger partial charge in [0.1, 0.15) is 5.75 Å². The number of nitrogens with one attached hydrogen (secondary N) is 1. The molecule has 0 saturated carbocycles. The summed E-state index contributed by atoms with van der Waals surface area (Å²) in [6.07, 6.45) is 0.932. The zero-order chi connectivity index (χ0) is 13.5. The third-order valence-electron chi connectivity index (χ3n) is 2.69. The van der Waals surface area contributed by atoms with Crippen molar-refractivity contribution < 1.29 is 9.53 Å². The lowest BCUT2D eigenvalue weighted by molar-refractivity contribution is 0.0939. The highest BCUT2D eigenvalue weighted by atomic mass is 16.5. The topological polar surface area (TPSA) is 38.3 Å². The number of hydrogen-bond donors (Lipinski definition) is 1. The molecular weight excluding hydrogens is 226 g/mol. The number of benzene rings is 1. The van der Waals surface area contributed by atoms with Gasteiger partial charge < -0.3 is 10.1 Å². The molecule has 0 heterocycles. The van der Waals surface area contributed by atoms with E-state index in [1.807, 2.05) is 26.0 Å². The van der Waals surface area contributed by atoms with E-state index in [1.54, 1.807) is 12.1 Å². The molecule has 0 unspecified atom stereocenters. The third kappa shape index (κ3) is 4.78. The zero-order valence-electron chi connectivity index (χ0n) is 11.7. The first-order valence-corrected chi connectivity index (χ1v) is 6.56. The number of carbonyl (C=O) groups excluding carboxylic acids is 1. The molecule has 3 nitrogen and oxygen atoms in total. The number of ether oxygens (including phenoxy) is 1. The molecule has 1 amide bonds. The zero-order valence-corrected chi connectivity index (χ0v) is 11.7. The van der Waals surface area contributed by atoms with Crippen LogP contribution in [0.4, 0.5) is 0 Å². The standard InChI is InChI=1S/C15H23NO2/c1-5-12(4)16-15(17)13-6-8-14(9-7-13)18-10-11(2)3/h6-9,11-12H,5,10H2,1-4H3,(H,16,17)/t12-/m0/s1. The van der Waals surface area contributed by atoms with Crippen LogP contribution >= 0.6 is 0 Å². The minimum Gasteiger partial charge on any atom is -0.493 e. The Kier molecular flexibility index (Phi) is 5.69. The summed E-state index contributed by atoms with van der Waals surface area (Å²) in [6, 6.07) is 7.48. The highest BCUT2D eigenvalue weighted by molar-refractivity contribution is 5.94. The lowest BCUT2D eigenvalue weighted by Crippen LogP contribution is -2.31. The summed E-state index contributed by atoms with van der Waals surface area (Å²) >= 11 is 0. The summed E-state index contributed by atoms with van der Waals surface area (Å²) in [5, 5.41) is 2.94. The van der Waals surface area contributed by atoms with Crippen LogP contribution in [0.3, 0.4) is 0 Å². The van der Waals surface area contributed by atoms with Crippen LogP contribution in [-0.4, -0.2) is 18.6 Å². The second-order valence-corrected chi connectivity index (χ2v) is 5.01. The Labute approximate surface area is 110 Å². The monoisotopic (exact) mass is 249 g/mol. The fourth-order valence-corrected chi connectivity index (χ4v) is 1.37. The average Bonchev–Trinajstić information content (AvgIpc) is 2.36. The van der Waals surface area contributed by atoms with Gasteiger partial charge in [0.25, 0.3) is 5.91 Å². The normalized spacial score (nSPS) is 12.3. The molecule has 1 N–H and O–H groups in total. The van der Waals surface area contributed by atoms with E-state index in [0.717, 1.165) is 12.2 Å². The van der Waals surface area contributed by atoms with E-state index in [4.69, 9.17) is 4.74 Å². The highest BCUT2D eigenvalue weighted by Gasteiger charge is 2.08. The van der Waals surface area contributed by atoms with Gasteiger partial charge in [-0.2, -0.15) is 0 Å². The molecule has 0 aromatic heterocycles. The molecule has 3 heteroatoms. The smallest absolute Gasteiger partial charge is 0.251 e. The molecule has 0 aliphatic carbocycles. The lowest BCUT2D eigenvalue weighted by Gasteiger charge is -2.12. The van der Waals surface area contributed by atoms with Gasteiger partial charge in [0.2, 0.25) is 0 Å². The van der Waals surface area contributed by atoms with Gasteiger partial charge in [0, 0.05) is 11.6 Å². The first-order chi connectivity index (χ1) is 8.52. The Morgan fingerprint density at radius 2 is 1.83 bits per heavy atom. The highest BCUT2D eigenvalue weighted by Crippen LogP contribution is 2.13. The fraction of sp³-hybridized carbons (Fsp3) is 0.533. The van der Waals surface area contributed by atoms with Crippen LogP contribution in [-0.2, 0) is 0 Å². The van der Waals surface area contributed by atoms with Gasteiger partial charge in [-0.1, -0.05) is 20.8 Å². The quantitative estimate of drug-likeness (QED) is 0.840. The van der Waals surface area contributed by atoms with E-state index in [1.165, 1.54) is 0 Å². The van der Waals surface area contributed by atoms with Gasteiger partial charge >= 0.3 is 0 Å². The van der Waals surface area contributed by atoms with Crippen molar-refractivity contribution in [2.75, 3.05) is 6.61 Å². The summed E-state index contributed by atoms with van der Waals surface area (Å²) in [6.45, 7) is 8.95. The van der Waals surface area contributed by atoms with E-state index < -0.39 is 0 Å². The second kappa shape index (κ2) is 7.04. The molecule has 0 aliphatic heterocycles. The molecule has 18 heavy (non-hydrogen) atoms. The van der Waals surface area contributed by atoms with E-state index in [9.17, 15) is 4.79 Å². The molecule has 0 saturated heterocycles. The molecule has 1 rings (SSSR count). The van der Waals surface area contributed by atoms with Crippen LogP contribution in [0.5, 0.6) is 5.75 Å².